The maximum Gasteiger partial charge on any atom is 0.259 e. The lowest BCUT2D eigenvalue weighted by Crippen LogP contribution is -2.32. The summed E-state index contributed by atoms with van der Waals surface area (Å²) in [5.74, 6) is 1.42. The zero-order valence-corrected chi connectivity index (χ0v) is 15.5. The molecule has 0 saturated heterocycles. The van der Waals surface area contributed by atoms with Gasteiger partial charge in [-0.25, -0.2) is 0 Å². The number of hydrogen-bond acceptors (Lipinski definition) is 4. The number of amides is 1. The minimum Gasteiger partial charge on any atom is -0.494 e. The number of halogens is 1. The van der Waals surface area contributed by atoms with E-state index in [0.29, 0.717) is 31.0 Å². The second kappa shape index (κ2) is 8.41. The Morgan fingerprint density at radius 1 is 1.24 bits per heavy atom. The summed E-state index contributed by atoms with van der Waals surface area (Å²) >= 11 is 7.74. The third kappa shape index (κ3) is 4.35. The van der Waals surface area contributed by atoms with Crippen LogP contribution >= 0.6 is 23.4 Å². The van der Waals surface area contributed by atoms with E-state index in [1.54, 1.807) is 17.0 Å². The number of thioether (sulfide) groups is 1. The summed E-state index contributed by atoms with van der Waals surface area (Å²) < 4.78 is 5.42. The Hall–Kier alpha value is -1.98. The first kappa shape index (κ1) is 17.8. The molecule has 4 nitrogen and oxygen atoms in total. The Kier molecular flexibility index (Phi) is 6.00. The summed E-state index contributed by atoms with van der Waals surface area (Å²) in [4.78, 5) is 19.0. The van der Waals surface area contributed by atoms with E-state index in [9.17, 15) is 4.79 Å². The molecule has 130 valence electrons. The second-order valence-electron chi connectivity index (χ2n) is 5.46. The van der Waals surface area contributed by atoms with Crippen molar-refractivity contribution in [2.24, 2.45) is 4.99 Å². The van der Waals surface area contributed by atoms with Crippen LogP contribution in [0.15, 0.2) is 53.5 Å². The molecule has 0 aliphatic carbocycles. The molecule has 0 saturated carbocycles. The molecular weight excluding hydrogens is 356 g/mol. The number of carbonyl (C=O) groups excluding carboxylic acids is 1. The van der Waals surface area contributed by atoms with Gasteiger partial charge in [0.05, 0.1) is 13.2 Å². The molecule has 1 amide bonds. The van der Waals surface area contributed by atoms with E-state index in [1.165, 1.54) is 11.8 Å². The highest BCUT2D eigenvalue weighted by molar-refractivity contribution is 8.13. The topological polar surface area (TPSA) is 41.9 Å². The molecule has 6 heteroatoms. The van der Waals surface area contributed by atoms with Crippen molar-refractivity contribution in [2.45, 2.75) is 12.7 Å². The summed E-state index contributed by atoms with van der Waals surface area (Å²) in [5, 5.41) is 1.48. The van der Waals surface area contributed by atoms with E-state index in [0.717, 1.165) is 21.5 Å². The number of rotatable bonds is 5. The average Bonchev–Trinajstić information content (AvgIpc) is 3.10. The molecule has 0 unspecified atom stereocenters. The van der Waals surface area contributed by atoms with Gasteiger partial charge in [0.15, 0.2) is 5.17 Å². The molecule has 25 heavy (non-hydrogen) atoms. The molecule has 0 fully saturated rings. The van der Waals surface area contributed by atoms with Gasteiger partial charge in [-0.2, -0.15) is 0 Å². The standard InChI is InChI=1S/C19H19ClN2O2S/c1-2-24-16-9-7-14(8-10-16)18(23)22-12-11-21-19(22)25-13-15-5-3-4-6-17(15)20/h3-10H,2,11-13H2,1H3. The van der Waals surface area contributed by atoms with Crippen molar-refractivity contribution in [3.8, 4) is 5.75 Å². The highest BCUT2D eigenvalue weighted by atomic mass is 35.5. The fourth-order valence-corrected chi connectivity index (χ4v) is 3.84. The fourth-order valence-electron chi connectivity index (χ4n) is 2.51. The van der Waals surface area contributed by atoms with Gasteiger partial charge in [0, 0.05) is 22.9 Å². The number of carbonyl (C=O) groups is 1. The van der Waals surface area contributed by atoms with Crippen LogP contribution in [0.4, 0.5) is 0 Å². The minimum absolute atomic E-state index is 0.0362. The van der Waals surface area contributed by atoms with Gasteiger partial charge in [-0.05, 0) is 42.8 Å². The lowest BCUT2D eigenvalue weighted by molar-refractivity contribution is 0.0860. The van der Waals surface area contributed by atoms with E-state index in [4.69, 9.17) is 16.3 Å². The third-order valence-corrected chi connectivity index (χ3v) is 5.21. The summed E-state index contributed by atoms with van der Waals surface area (Å²) in [6.07, 6.45) is 0. The van der Waals surface area contributed by atoms with Gasteiger partial charge < -0.3 is 4.74 Å². The largest absolute Gasteiger partial charge is 0.494 e. The van der Waals surface area contributed by atoms with Crippen molar-refractivity contribution in [1.82, 2.24) is 4.90 Å². The molecule has 0 bridgehead atoms. The van der Waals surface area contributed by atoms with Crippen LogP contribution in [0, 0.1) is 0 Å². The summed E-state index contributed by atoms with van der Waals surface area (Å²) in [6.45, 7) is 3.78. The number of amidine groups is 1. The van der Waals surface area contributed by atoms with E-state index < -0.39 is 0 Å². The highest BCUT2D eigenvalue weighted by Gasteiger charge is 2.25. The number of hydrogen-bond donors (Lipinski definition) is 0. The molecular formula is C19H19ClN2O2S. The smallest absolute Gasteiger partial charge is 0.259 e. The Morgan fingerprint density at radius 2 is 2.00 bits per heavy atom. The number of ether oxygens (including phenoxy) is 1. The van der Waals surface area contributed by atoms with Crippen LogP contribution in [0.3, 0.4) is 0 Å². The van der Waals surface area contributed by atoms with E-state index >= 15 is 0 Å². The SMILES string of the molecule is CCOc1ccc(C(=O)N2CCN=C2SCc2ccccc2Cl)cc1. The van der Waals surface area contributed by atoms with E-state index in [-0.39, 0.29) is 5.91 Å². The van der Waals surface area contributed by atoms with Crippen molar-refractivity contribution in [3.63, 3.8) is 0 Å². The molecule has 0 atom stereocenters. The van der Waals surface area contributed by atoms with Gasteiger partial charge in [-0.3, -0.25) is 14.7 Å². The fraction of sp³-hybridized carbons (Fsp3) is 0.263. The number of benzene rings is 2. The van der Waals surface area contributed by atoms with Gasteiger partial charge in [0.1, 0.15) is 5.75 Å². The highest BCUT2D eigenvalue weighted by Crippen LogP contribution is 2.25. The van der Waals surface area contributed by atoms with Crippen LogP contribution < -0.4 is 4.74 Å². The number of aliphatic imine (C=N–C) groups is 1. The van der Waals surface area contributed by atoms with Crippen molar-refractivity contribution >= 4 is 34.4 Å². The predicted octanol–water partition coefficient (Wildman–Crippen LogP) is 4.48. The molecule has 2 aromatic rings. The van der Waals surface area contributed by atoms with Gasteiger partial charge in [-0.1, -0.05) is 41.6 Å². The van der Waals surface area contributed by atoms with Crippen LogP contribution in [0.1, 0.15) is 22.8 Å². The van der Waals surface area contributed by atoms with Crippen LogP contribution in [-0.2, 0) is 5.75 Å². The summed E-state index contributed by atoms with van der Waals surface area (Å²) in [6, 6.07) is 15.0. The summed E-state index contributed by atoms with van der Waals surface area (Å²) in [5.41, 5.74) is 1.67. The van der Waals surface area contributed by atoms with Crippen molar-refractivity contribution in [1.29, 1.82) is 0 Å². The molecule has 0 N–H and O–H groups in total. The molecule has 3 rings (SSSR count). The van der Waals surface area contributed by atoms with Crippen molar-refractivity contribution in [2.75, 3.05) is 19.7 Å². The average molecular weight is 375 g/mol. The first-order valence-corrected chi connectivity index (χ1v) is 9.50. The zero-order chi connectivity index (χ0) is 17.6. The van der Waals surface area contributed by atoms with Crippen LogP contribution in [0.5, 0.6) is 5.75 Å². The van der Waals surface area contributed by atoms with Gasteiger partial charge in [0.25, 0.3) is 5.91 Å². The number of nitrogens with zero attached hydrogens (tertiary/aromatic N) is 2. The Morgan fingerprint density at radius 3 is 2.72 bits per heavy atom. The van der Waals surface area contributed by atoms with Gasteiger partial charge in [-0.15, -0.1) is 0 Å². The summed E-state index contributed by atoms with van der Waals surface area (Å²) in [7, 11) is 0. The second-order valence-corrected chi connectivity index (χ2v) is 6.81. The normalized spacial score (nSPS) is 13.7. The molecule has 0 aromatic heterocycles. The maximum atomic E-state index is 12.8. The molecule has 1 aliphatic rings. The Balaban J connectivity index is 1.66. The quantitative estimate of drug-likeness (QED) is 0.774. The van der Waals surface area contributed by atoms with E-state index in [1.807, 2.05) is 43.3 Å². The molecule has 0 spiro atoms. The monoisotopic (exact) mass is 374 g/mol. The van der Waals surface area contributed by atoms with Crippen LogP contribution in [0.2, 0.25) is 5.02 Å². The first-order chi connectivity index (χ1) is 12.2. The molecule has 2 aromatic carbocycles. The zero-order valence-electron chi connectivity index (χ0n) is 13.9. The molecule has 0 radical (unpaired) electrons. The van der Waals surface area contributed by atoms with Gasteiger partial charge in [0.2, 0.25) is 0 Å². The van der Waals surface area contributed by atoms with Gasteiger partial charge >= 0.3 is 0 Å². The van der Waals surface area contributed by atoms with Crippen LogP contribution in [0.25, 0.3) is 0 Å². The minimum atomic E-state index is -0.0362. The third-order valence-electron chi connectivity index (χ3n) is 3.77. The first-order valence-electron chi connectivity index (χ1n) is 8.14. The maximum absolute atomic E-state index is 12.8. The Labute approximate surface area is 156 Å². The predicted molar refractivity (Wildman–Crippen MR) is 104 cm³/mol. The molecule has 1 aliphatic heterocycles. The van der Waals surface area contributed by atoms with Crippen molar-refractivity contribution < 1.29 is 9.53 Å². The lowest BCUT2D eigenvalue weighted by Gasteiger charge is -2.18. The van der Waals surface area contributed by atoms with Crippen molar-refractivity contribution in [3.05, 3.63) is 64.7 Å². The molecule has 1 heterocycles. The Bertz CT molecular complexity index is 777. The van der Waals surface area contributed by atoms with E-state index in [2.05, 4.69) is 4.99 Å². The van der Waals surface area contributed by atoms with Crippen LogP contribution in [-0.4, -0.2) is 35.7 Å². The lowest BCUT2D eigenvalue weighted by atomic mass is 10.2.